The Morgan fingerprint density at radius 1 is 1.40 bits per heavy atom. The monoisotopic (exact) mass is 157 g/mol. The Bertz CT molecular complexity index is 119. The molecule has 5 heteroatoms. The highest BCUT2D eigenvalue weighted by molar-refractivity contribution is 4.88. The maximum atomic E-state index is 11.8. The summed E-state index contributed by atoms with van der Waals surface area (Å²) in [6, 6.07) is -1.31. The highest BCUT2D eigenvalue weighted by Gasteiger charge is 2.52. The van der Waals surface area contributed by atoms with Crippen LogP contribution < -0.4 is 5.73 Å². The van der Waals surface area contributed by atoms with Crippen LogP contribution in [0, 0.1) is 0 Å². The molecule has 0 unspecified atom stereocenters. The topological polar surface area (TPSA) is 46.2 Å². The quantitative estimate of drug-likeness (QED) is 0.587. The minimum absolute atomic E-state index is 0.650. The second-order valence-corrected chi connectivity index (χ2v) is 2.43. The van der Waals surface area contributed by atoms with Gasteiger partial charge in [0.2, 0.25) is 0 Å². The summed E-state index contributed by atoms with van der Waals surface area (Å²) < 4.78 is 35.3. The third-order valence-corrected chi connectivity index (χ3v) is 1.46. The Hall–Kier alpha value is -0.290. The van der Waals surface area contributed by atoms with E-state index in [0.717, 1.165) is 6.92 Å². The summed E-state index contributed by atoms with van der Waals surface area (Å²) in [5, 5.41) is 8.68. The van der Waals surface area contributed by atoms with E-state index in [-0.39, 0.29) is 0 Å². The first kappa shape index (κ1) is 9.71. The Morgan fingerprint density at radius 3 is 1.70 bits per heavy atom. The molecular weight excluding hydrogens is 147 g/mol. The average Bonchev–Trinajstić information content (AvgIpc) is 1.62. The molecule has 0 heterocycles. The van der Waals surface area contributed by atoms with E-state index in [1.165, 1.54) is 0 Å². The number of rotatable bonds is 1. The summed E-state index contributed by atoms with van der Waals surface area (Å²) in [4.78, 5) is 0. The number of hydrogen-bond donors (Lipinski definition) is 2. The van der Waals surface area contributed by atoms with E-state index in [0.29, 0.717) is 6.92 Å². The average molecular weight is 157 g/mol. The number of hydrogen-bond acceptors (Lipinski definition) is 2. The van der Waals surface area contributed by atoms with Gasteiger partial charge in [0.05, 0.1) is 0 Å². The van der Waals surface area contributed by atoms with Crippen LogP contribution in [0.15, 0.2) is 0 Å². The maximum absolute atomic E-state index is 11.8. The van der Waals surface area contributed by atoms with E-state index in [1.807, 2.05) is 0 Å². The zero-order valence-corrected chi connectivity index (χ0v) is 5.74. The number of alkyl halides is 3. The lowest BCUT2D eigenvalue weighted by Crippen LogP contribution is -2.54. The molecule has 0 aliphatic heterocycles. The van der Waals surface area contributed by atoms with Gasteiger partial charge in [-0.15, -0.1) is 0 Å². The Morgan fingerprint density at radius 2 is 1.70 bits per heavy atom. The fourth-order valence-corrected chi connectivity index (χ4v) is 0.258. The largest absolute Gasteiger partial charge is 0.418 e. The van der Waals surface area contributed by atoms with Gasteiger partial charge in [-0.05, 0) is 13.8 Å². The van der Waals surface area contributed by atoms with Crippen LogP contribution in [0.2, 0.25) is 0 Å². The zero-order valence-electron chi connectivity index (χ0n) is 5.74. The molecule has 0 amide bonds. The van der Waals surface area contributed by atoms with Crippen LogP contribution in [0.4, 0.5) is 13.2 Å². The van der Waals surface area contributed by atoms with Crippen molar-refractivity contribution in [3.8, 4) is 0 Å². The van der Waals surface area contributed by atoms with Crippen molar-refractivity contribution >= 4 is 0 Å². The molecule has 3 N–H and O–H groups in total. The first-order valence-electron chi connectivity index (χ1n) is 2.74. The molecule has 2 atom stereocenters. The van der Waals surface area contributed by atoms with Gasteiger partial charge in [0.15, 0.2) is 5.60 Å². The molecule has 62 valence electrons. The minimum Gasteiger partial charge on any atom is -0.379 e. The van der Waals surface area contributed by atoms with E-state index in [4.69, 9.17) is 10.8 Å². The van der Waals surface area contributed by atoms with Crippen molar-refractivity contribution in [1.82, 2.24) is 0 Å². The Balaban J connectivity index is 4.40. The molecule has 0 aliphatic rings. The van der Waals surface area contributed by atoms with Crippen molar-refractivity contribution in [2.24, 2.45) is 5.73 Å². The van der Waals surface area contributed by atoms with Crippen LogP contribution in [0.5, 0.6) is 0 Å². The van der Waals surface area contributed by atoms with Crippen LogP contribution in [0.25, 0.3) is 0 Å². The highest BCUT2D eigenvalue weighted by Crippen LogP contribution is 2.31. The van der Waals surface area contributed by atoms with Crippen LogP contribution in [-0.2, 0) is 0 Å². The second kappa shape index (κ2) is 2.39. The van der Waals surface area contributed by atoms with Gasteiger partial charge in [-0.25, -0.2) is 0 Å². The van der Waals surface area contributed by atoms with Gasteiger partial charge in [-0.3, -0.25) is 0 Å². The predicted octanol–water partition coefficient (Wildman–Crippen LogP) is 0.647. The van der Waals surface area contributed by atoms with Crippen LogP contribution in [0.1, 0.15) is 13.8 Å². The number of nitrogens with two attached hydrogens (primary N) is 1. The summed E-state index contributed by atoms with van der Waals surface area (Å²) in [5.41, 5.74) is 2.10. The number of halogens is 3. The van der Waals surface area contributed by atoms with E-state index in [1.54, 1.807) is 0 Å². The van der Waals surface area contributed by atoms with Gasteiger partial charge in [0.25, 0.3) is 0 Å². The number of aliphatic hydroxyl groups is 1. The lowest BCUT2D eigenvalue weighted by atomic mass is 9.98. The Kier molecular flexibility index (Phi) is 2.32. The molecule has 0 radical (unpaired) electrons. The normalized spacial score (nSPS) is 21.9. The van der Waals surface area contributed by atoms with Gasteiger partial charge in [0.1, 0.15) is 0 Å². The van der Waals surface area contributed by atoms with E-state index in [2.05, 4.69) is 0 Å². The van der Waals surface area contributed by atoms with E-state index in [9.17, 15) is 13.2 Å². The molecule has 0 aromatic rings. The lowest BCUT2D eigenvalue weighted by Gasteiger charge is -2.29. The lowest BCUT2D eigenvalue weighted by molar-refractivity contribution is -0.258. The van der Waals surface area contributed by atoms with Crippen molar-refractivity contribution in [2.75, 3.05) is 0 Å². The SMILES string of the molecule is C[C@@H](N)[C@@](C)(O)C(F)(F)F. The molecule has 0 fully saturated rings. The van der Waals surface area contributed by atoms with Crippen molar-refractivity contribution in [3.63, 3.8) is 0 Å². The third kappa shape index (κ3) is 1.60. The maximum Gasteiger partial charge on any atom is 0.418 e. The third-order valence-electron chi connectivity index (χ3n) is 1.46. The van der Waals surface area contributed by atoms with Crippen LogP contribution >= 0.6 is 0 Å². The van der Waals surface area contributed by atoms with Gasteiger partial charge in [-0.1, -0.05) is 0 Å². The molecule has 0 aliphatic carbocycles. The first-order chi connectivity index (χ1) is 4.19. The zero-order chi connectivity index (χ0) is 8.58. The van der Waals surface area contributed by atoms with Crippen LogP contribution in [-0.4, -0.2) is 22.9 Å². The van der Waals surface area contributed by atoms with Crippen LogP contribution in [0.3, 0.4) is 0 Å². The van der Waals surface area contributed by atoms with E-state index >= 15 is 0 Å². The highest BCUT2D eigenvalue weighted by atomic mass is 19.4. The van der Waals surface area contributed by atoms with Crippen molar-refractivity contribution < 1.29 is 18.3 Å². The molecular formula is C5H10F3NO. The van der Waals surface area contributed by atoms with Crippen molar-refractivity contribution in [2.45, 2.75) is 31.7 Å². The smallest absolute Gasteiger partial charge is 0.379 e. The second-order valence-electron chi connectivity index (χ2n) is 2.43. The summed E-state index contributed by atoms with van der Waals surface area (Å²) >= 11 is 0. The minimum atomic E-state index is -4.65. The fourth-order valence-electron chi connectivity index (χ4n) is 0.258. The van der Waals surface area contributed by atoms with Gasteiger partial charge in [-0.2, -0.15) is 13.2 Å². The molecule has 0 saturated carbocycles. The van der Waals surface area contributed by atoms with Gasteiger partial charge >= 0.3 is 6.18 Å². The summed E-state index contributed by atoms with van der Waals surface area (Å²) in [7, 11) is 0. The fraction of sp³-hybridized carbons (Fsp3) is 1.00. The molecule has 0 bridgehead atoms. The van der Waals surface area contributed by atoms with Gasteiger partial charge < -0.3 is 10.8 Å². The molecule has 0 rings (SSSR count). The molecule has 0 spiro atoms. The van der Waals surface area contributed by atoms with Crippen molar-refractivity contribution in [1.29, 1.82) is 0 Å². The summed E-state index contributed by atoms with van der Waals surface area (Å²) in [6.45, 7) is 1.76. The first-order valence-corrected chi connectivity index (χ1v) is 2.74. The Labute approximate surface area is 56.8 Å². The standard InChI is InChI=1S/C5H10F3NO/c1-3(9)4(2,10)5(6,7)8/h3,10H,9H2,1-2H3/t3-,4-/m1/s1. The summed E-state index contributed by atoms with van der Waals surface area (Å²) in [5.74, 6) is 0. The molecule has 0 aromatic heterocycles. The molecule has 10 heavy (non-hydrogen) atoms. The summed E-state index contributed by atoms with van der Waals surface area (Å²) in [6.07, 6.45) is -4.65. The van der Waals surface area contributed by atoms with E-state index < -0.39 is 17.8 Å². The molecule has 0 saturated heterocycles. The van der Waals surface area contributed by atoms with Gasteiger partial charge in [0, 0.05) is 6.04 Å². The predicted molar refractivity (Wildman–Crippen MR) is 30.3 cm³/mol. The molecule has 0 aromatic carbocycles. The molecule has 2 nitrogen and oxygen atoms in total. The van der Waals surface area contributed by atoms with Crippen molar-refractivity contribution in [3.05, 3.63) is 0 Å².